The van der Waals surface area contributed by atoms with Crippen LogP contribution in [0.25, 0.3) is 0 Å². The van der Waals surface area contributed by atoms with E-state index in [1.807, 2.05) is 4.57 Å². The van der Waals surface area contributed by atoms with E-state index < -0.39 is 10.0 Å². The highest BCUT2D eigenvalue weighted by Gasteiger charge is 2.17. The van der Waals surface area contributed by atoms with Gasteiger partial charge >= 0.3 is 0 Å². The van der Waals surface area contributed by atoms with Gasteiger partial charge in [0.15, 0.2) is 0 Å². The van der Waals surface area contributed by atoms with Crippen LogP contribution >= 0.6 is 0 Å². The van der Waals surface area contributed by atoms with Crippen molar-refractivity contribution < 1.29 is 8.42 Å². The molecular formula is C12H16N4O2S. The normalized spacial score (nSPS) is 13.3. The fourth-order valence-electron chi connectivity index (χ4n) is 1.73. The van der Waals surface area contributed by atoms with E-state index in [1.165, 1.54) is 12.1 Å². The number of benzene rings is 1. The summed E-state index contributed by atoms with van der Waals surface area (Å²) >= 11 is 0. The molecule has 1 heterocycles. The molecule has 6 nitrogen and oxygen atoms in total. The first-order valence-corrected chi connectivity index (χ1v) is 7.29. The third-order valence-electron chi connectivity index (χ3n) is 2.59. The quantitative estimate of drug-likeness (QED) is 0.794. The van der Waals surface area contributed by atoms with Gasteiger partial charge in [0.1, 0.15) is 0 Å². The Balaban J connectivity index is 2.06. The number of nitrogens with one attached hydrogen (secondary N) is 1. The molecule has 2 aromatic rings. The fourth-order valence-corrected chi connectivity index (χ4v) is 2.96. The van der Waals surface area contributed by atoms with E-state index in [4.69, 9.17) is 5.73 Å². The molecule has 1 atom stereocenters. The summed E-state index contributed by atoms with van der Waals surface area (Å²) in [5.41, 5.74) is 6.07. The van der Waals surface area contributed by atoms with Crippen molar-refractivity contribution in [3.8, 4) is 0 Å². The third-order valence-corrected chi connectivity index (χ3v) is 4.20. The molecule has 0 bridgehead atoms. The highest BCUT2D eigenvalue weighted by Crippen LogP contribution is 2.12. The van der Waals surface area contributed by atoms with Crippen molar-refractivity contribution in [2.24, 2.45) is 0 Å². The minimum atomic E-state index is -3.52. The molecule has 0 aliphatic rings. The lowest BCUT2D eigenvalue weighted by atomic mass is 10.3. The summed E-state index contributed by atoms with van der Waals surface area (Å²) < 4.78 is 28.6. The lowest BCUT2D eigenvalue weighted by molar-refractivity contribution is 0.520. The van der Waals surface area contributed by atoms with Crippen LogP contribution < -0.4 is 10.5 Å². The highest BCUT2D eigenvalue weighted by atomic mass is 32.2. The van der Waals surface area contributed by atoms with E-state index in [9.17, 15) is 8.42 Å². The second-order valence-electron chi connectivity index (χ2n) is 4.35. The van der Waals surface area contributed by atoms with E-state index in [2.05, 4.69) is 9.71 Å². The first-order valence-electron chi connectivity index (χ1n) is 5.81. The molecule has 102 valence electrons. The van der Waals surface area contributed by atoms with Gasteiger partial charge in [-0.25, -0.2) is 18.1 Å². The largest absolute Gasteiger partial charge is 0.399 e. The number of hydrogen-bond donors (Lipinski definition) is 2. The Bertz CT molecular complexity index is 620. The highest BCUT2D eigenvalue weighted by molar-refractivity contribution is 7.89. The second-order valence-corrected chi connectivity index (χ2v) is 6.06. The van der Waals surface area contributed by atoms with Gasteiger partial charge in [-0.3, -0.25) is 0 Å². The van der Waals surface area contributed by atoms with Crippen LogP contribution in [0.2, 0.25) is 0 Å². The molecular weight excluding hydrogens is 264 g/mol. The van der Waals surface area contributed by atoms with Crippen molar-refractivity contribution in [3.05, 3.63) is 43.0 Å². The van der Waals surface area contributed by atoms with Crippen molar-refractivity contribution in [3.63, 3.8) is 0 Å². The number of nitrogen functional groups attached to an aromatic ring is 1. The number of imidazole rings is 1. The summed E-state index contributed by atoms with van der Waals surface area (Å²) in [5.74, 6) is 0. The molecule has 0 aliphatic carbocycles. The van der Waals surface area contributed by atoms with Gasteiger partial charge in [-0.05, 0) is 31.2 Å². The Kier molecular flexibility index (Phi) is 3.87. The minimum Gasteiger partial charge on any atom is -0.399 e. The molecule has 7 heteroatoms. The maximum atomic E-state index is 12.1. The van der Waals surface area contributed by atoms with E-state index >= 15 is 0 Å². The number of nitrogens with two attached hydrogens (primary N) is 1. The SMILES string of the molecule is CC(Cn1ccnc1)NS(=O)(=O)c1ccc(N)cc1. The second kappa shape index (κ2) is 5.41. The average molecular weight is 280 g/mol. The molecule has 1 aromatic heterocycles. The summed E-state index contributed by atoms with van der Waals surface area (Å²) in [7, 11) is -3.52. The summed E-state index contributed by atoms with van der Waals surface area (Å²) in [6.45, 7) is 2.32. The number of nitrogens with zero attached hydrogens (tertiary/aromatic N) is 2. The molecule has 2 rings (SSSR count). The topological polar surface area (TPSA) is 90.0 Å². The predicted octanol–water partition coefficient (Wildman–Crippen LogP) is 0.832. The van der Waals surface area contributed by atoms with Crippen LogP contribution in [-0.2, 0) is 16.6 Å². The van der Waals surface area contributed by atoms with Gasteiger partial charge in [0, 0.05) is 30.7 Å². The van der Waals surface area contributed by atoms with E-state index in [1.54, 1.807) is 37.8 Å². The van der Waals surface area contributed by atoms with E-state index in [-0.39, 0.29) is 10.9 Å². The number of aromatic nitrogens is 2. The van der Waals surface area contributed by atoms with Gasteiger partial charge in [0.2, 0.25) is 10.0 Å². The number of anilines is 1. The van der Waals surface area contributed by atoms with Crippen molar-refractivity contribution >= 4 is 15.7 Å². The Morgan fingerprint density at radius 2 is 2.05 bits per heavy atom. The minimum absolute atomic E-state index is 0.208. The summed E-state index contributed by atoms with van der Waals surface area (Å²) in [6.07, 6.45) is 5.09. The van der Waals surface area contributed by atoms with Gasteiger partial charge < -0.3 is 10.3 Å². The van der Waals surface area contributed by atoms with Crippen molar-refractivity contribution in [1.82, 2.24) is 14.3 Å². The lowest BCUT2D eigenvalue weighted by Crippen LogP contribution is -2.35. The van der Waals surface area contributed by atoms with E-state index in [0.29, 0.717) is 12.2 Å². The number of sulfonamides is 1. The number of rotatable bonds is 5. The molecule has 0 saturated heterocycles. The third kappa shape index (κ3) is 3.55. The Morgan fingerprint density at radius 3 is 2.63 bits per heavy atom. The van der Waals surface area contributed by atoms with Crippen LogP contribution in [0.1, 0.15) is 6.92 Å². The van der Waals surface area contributed by atoms with Gasteiger partial charge in [-0.2, -0.15) is 0 Å². The fraction of sp³-hybridized carbons (Fsp3) is 0.250. The van der Waals surface area contributed by atoms with Crippen LogP contribution in [0.4, 0.5) is 5.69 Å². The molecule has 0 amide bonds. The lowest BCUT2D eigenvalue weighted by Gasteiger charge is -2.14. The molecule has 0 radical (unpaired) electrons. The molecule has 3 N–H and O–H groups in total. The first-order chi connectivity index (χ1) is 8.97. The van der Waals surface area contributed by atoms with Gasteiger partial charge in [0.25, 0.3) is 0 Å². The zero-order chi connectivity index (χ0) is 13.9. The monoisotopic (exact) mass is 280 g/mol. The first kappa shape index (κ1) is 13.6. The molecule has 1 aromatic carbocycles. The summed E-state index contributed by atoms with van der Waals surface area (Å²) in [4.78, 5) is 4.12. The zero-order valence-corrected chi connectivity index (χ0v) is 11.3. The maximum absolute atomic E-state index is 12.1. The molecule has 19 heavy (non-hydrogen) atoms. The molecule has 0 fully saturated rings. The molecule has 0 aliphatic heterocycles. The van der Waals surface area contributed by atoms with Gasteiger partial charge in [-0.1, -0.05) is 0 Å². The molecule has 0 spiro atoms. The molecule has 1 unspecified atom stereocenters. The van der Waals surface area contributed by atoms with Gasteiger partial charge in [0.05, 0.1) is 11.2 Å². The van der Waals surface area contributed by atoms with Crippen molar-refractivity contribution in [1.29, 1.82) is 0 Å². The van der Waals surface area contributed by atoms with Crippen LogP contribution in [0.15, 0.2) is 47.9 Å². The van der Waals surface area contributed by atoms with Crippen molar-refractivity contribution in [2.75, 3.05) is 5.73 Å². The van der Waals surface area contributed by atoms with Crippen LogP contribution in [0, 0.1) is 0 Å². The maximum Gasteiger partial charge on any atom is 0.240 e. The van der Waals surface area contributed by atoms with Gasteiger partial charge in [-0.15, -0.1) is 0 Å². The van der Waals surface area contributed by atoms with Crippen LogP contribution in [-0.4, -0.2) is 24.0 Å². The Morgan fingerprint density at radius 1 is 1.37 bits per heavy atom. The standard InChI is InChI=1S/C12H16N4O2S/c1-10(8-16-7-6-14-9-16)15-19(17,18)12-4-2-11(13)3-5-12/h2-7,9-10,15H,8,13H2,1H3. The average Bonchev–Trinajstić information content (AvgIpc) is 2.81. The predicted molar refractivity (Wildman–Crippen MR) is 72.9 cm³/mol. The van der Waals surface area contributed by atoms with E-state index in [0.717, 1.165) is 0 Å². The van der Waals surface area contributed by atoms with Crippen LogP contribution in [0.5, 0.6) is 0 Å². The van der Waals surface area contributed by atoms with Crippen molar-refractivity contribution in [2.45, 2.75) is 24.4 Å². The Labute approximate surface area is 112 Å². The summed E-state index contributed by atoms with van der Waals surface area (Å²) in [6, 6.07) is 5.87. The smallest absolute Gasteiger partial charge is 0.240 e. The molecule has 0 saturated carbocycles. The van der Waals surface area contributed by atoms with Crippen LogP contribution in [0.3, 0.4) is 0 Å². The number of hydrogen-bond acceptors (Lipinski definition) is 4. The zero-order valence-electron chi connectivity index (χ0n) is 10.5. The Hall–Kier alpha value is -1.86. The summed E-state index contributed by atoms with van der Waals surface area (Å²) in [5, 5.41) is 0.